The Hall–Kier alpha value is -6.04. The molecule has 0 bridgehead atoms. The van der Waals surface area contributed by atoms with Crippen LogP contribution in [-0.2, 0) is 0 Å². The van der Waals surface area contributed by atoms with Gasteiger partial charge in [0.1, 0.15) is 0 Å². The molecule has 0 atom stereocenters. The highest BCUT2D eigenvalue weighted by Crippen LogP contribution is 2.42. The fourth-order valence-electron chi connectivity index (χ4n) is 8.56. The molecule has 0 unspecified atom stereocenters. The van der Waals surface area contributed by atoms with E-state index < -0.39 is 8.07 Å². The topological polar surface area (TPSA) is 13.0 Å². The Kier molecular flexibility index (Phi) is 9.00. The number of anilines is 6. The Labute approximate surface area is 314 Å². The molecule has 7 aromatic rings. The second-order valence-corrected chi connectivity index (χ2v) is 17.9. The zero-order valence-corrected chi connectivity index (χ0v) is 31.0. The van der Waals surface area contributed by atoms with E-state index in [1.807, 2.05) is 0 Å². The highest BCUT2D eigenvalue weighted by atomic mass is 28.3. The van der Waals surface area contributed by atoms with Crippen LogP contribution in [0.25, 0.3) is 0 Å². The number of hydrogen-bond acceptors (Lipinski definition) is 4. The Morgan fingerprint density at radius 3 is 1.06 bits per heavy atom. The van der Waals surface area contributed by atoms with Gasteiger partial charge in [-0.25, -0.2) is 0 Å². The van der Waals surface area contributed by atoms with E-state index in [-0.39, 0.29) is 0 Å². The standard InChI is InChI=1S/C48H44N4Si/c1-5-19-39(20-6-1)51-37-49(45-27-13-15-29-47(45)51)35-17-18-36-50-38-52(48-30-16-14-28-46(48)50)40-31-33-44(34-32-40)53(41-21-7-2-8-22-41,42-23-9-3-10-24-42)43-25-11-4-12-26-43/h1-16,19-34H,17-18,35-38H2. The molecule has 0 fully saturated rings. The summed E-state index contributed by atoms with van der Waals surface area (Å²) in [6.07, 6.45) is 2.26. The third-order valence-electron chi connectivity index (χ3n) is 11.1. The minimum atomic E-state index is -2.56. The van der Waals surface area contributed by atoms with Gasteiger partial charge in [-0.3, -0.25) is 0 Å². The first-order valence-corrected chi connectivity index (χ1v) is 20.9. The van der Waals surface area contributed by atoms with E-state index in [2.05, 4.69) is 214 Å². The molecule has 2 aliphatic rings. The fourth-order valence-corrected chi connectivity index (χ4v) is 13.3. The van der Waals surface area contributed by atoms with Crippen LogP contribution in [0.5, 0.6) is 0 Å². The predicted octanol–water partition coefficient (Wildman–Crippen LogP) is 8.38. The first-order valence-electron chi connectivity index (χ1n) is 18.9. The van der Waals surface area contributed by atoms with E-state index in [9.17, 15) is 0 Å². The molecule has 2 aliphatic heterocycles. The van der Waals surface area contributed by atoms with Crippen LogP contribution in [0.3, 0.4) is 0 Å². The molecule has 0 amide bonds. The van der Waals surface area contributed by atoms with Gasteiger partial charge in [-0.15, -0.1) is 0 Å². The van der Waals surface area contributed by atoms with Gasteiger partial charge in [0.15, 0.2) is 8.07 Å². The fraction of sp³-hybridized carbons (Fsp3) is 0.125. The number of rotatable bonds is 11. The molecule has 5 heteroatoms. The number of fused-ring (bicyclic) bond motifs is 2. The normalized spacial score (nSPS) is 13.7. The number of nitrogens with zero attached hydrogens (tertiary/aromatic N) is 4. The van der Waals surface area contributed by atoms with Crippen molar-refractivity contribution in [3.8, 4) is 0 Å². The lowest BCUT2D eigenvalue weighted by molar-refractivity contribution is 0.678. The van der Waals surface area contributed by atoms with E-state index in [0.29, 0.717) is 0 Å². The smallest absolute Gasteiger partial charge is 0.179 e. The molecule has 9 rings (SSSR count). The van der Waals surface area contributed by atoms with E-state index in [1.54, 1.807) is 0 Å². The molecule has 0 N–H and O–H groups in total. The van der Waals surface area contributed by atoms with Gasteiger partial charge in [0, 0.05) is 24.5 Å². The van der Waals surface area contributed by atoms with Gasteiger partial charge in [0.25, 0.3) is 0 Å². The lowest BCUT2D eigenvalue weighted by atomic mass is 10.2. The molecule has 7 aromatic carbocycles. The first kappa shape index (κ1) is 32.8. The van der Waals surface area contributed by atoms with Crippen molar-refractivity contribution < 1.29 is 0 Å². The van der Waals surface area contributed by atoms with E-state index in [4.69, 9.17) is 0 Å². The average Bonchev–Trinajstić information content (AvgIpc) is 3.80. The maximum Gasteiger partial charge on any atom is 0.179 e. The summed E-state index contributed by atoms with van der Waals surface area (Å²) >= 11 is 0. The zero-order chi connectivity index (χ0) is 35.5. The van der Waals surface area contributed by atoms with Crippen molar-refractivity contribution in [3.63, 3.8) is 0 Å². The molecule has 0 spiro atoms. The van der Waals surface area contributed by atoms with Crippen LogP contribution in [0.2, 0.25) is 0 Å². The highest BCUT2D eigenvalue weighted by Gasteiger charge is 2.41. The van der Waals surface area contributed by atoms with E-state index in [1.165, 1.54) is 54.9 Å². The Balaban J connectivity index is 0.946. The van der Waals surface area contributed by atoms with Crippen LogP contribution < -0.4 is 40.3 Å². The largest absolute Gasteiger partial charge is 0.352 e. The Morgan fingerprint density at radius 1 is 0.321 bits per heavy atom. The van der Waals surface area contributed by atoms with Crippen LogP contribution in [0.1, 0.15) is 12.8 Å². The monoisotopic (exact) mass is 704 g/mol. The lowest BCUT2D eigenvalue weighted by Gasteiger charge is -2.34. The van der Waals surface area contributed by atoms with Crippen LogP contribution in [0, 0.1) is 0 Å². The zero-order valence-electron chi connectivity index (χ0n) is 30.0. The molecule has 4 nitrogen and oxygen atoms in total. The second-order valence-electron chi connectivity index (χ2n) is 14.1. The van der Waals surface area contributed by atoms with Crippen molar-refractivity contribution in [2.75, 3.05) is 46.0 Å². The number of unbranched alkanes of at least 4 members (excludes halogenated alkanes) is 1. The van der Waals surface area contributed by atoms with Crippen molar-refractivity contribution in [1.29, 1.82) is 0 Å². The minimum Gasteiger partial charge on any atom is -0.352 e. The van der Waals surface area contributed by atoms with Gasteiger partial charge < -0.3 is 19.6 Å². The lowest BCUT2D eigenvalue weighted by Crippen LogP contribution is -2.74. The SMILES string of the molecule is c1ccc(N2CN(CCCCN3CN(c4ccc([Si](c5ccccc5)(c5ccccc5)c5ccccc5)cc4)c4ccccc43)c3ccccc32)cc1. The van der Waals surface area contributed by atoms with Gasteiger partial charge in [-0.05, 0) is 82.1 Å². The maximum atomic E-state index is 2.56. The first-order chi connectivity index (χ1) is 26.3. The third-order valence-corrected chi connectivity index (χ3v) is 15.9. The maximum absolute atomic E-state index is 2.56. The molecular formula is C48H44N4Si. The molecule has 0 radical (unpaired) electrons. The highest BCUT2D eigenvalue weighted by molar-refractivity contribution is 7.19. The van der Waals surface area contributed by atoms with Gasteiger partial charge in [0.05, 0.1) is 36.1 Å². The van der Waals surface area contributed by atoms with Crippen molar-refractivity contribution in [2.45, 2.75) is 12.8 Å². The summed E-state index contributed by atoms with van der Waals surface area (Å²) in [5.41, 5.74) is 7.71. The van der Waals surface area contributed by atoms with Gasteiger partial charge in [0.2, 0.25) is 0 Å². The van der Waals surface area contributed by atoms with Crippen molar-refractivity contribution in [1.82, 2.24) is 0 Å². The molecule has 2 heterocycles. The summed E-state index contributed by atoms with van der Waals surface area (Å²) in [6.45, 7) is 3.81. The molecule has 0 saturated carbocycles. The number of hydrogen-bond donors (Lipinski definition) is 0. The average molecular weight is 705 g/mol. The summed E-state index contributed by atoms with van der Waals surface area (Å²) < 4.78 is 0. The van der Waals surface area contributed by atoms with Crippen molar-refractivity contribution in [2.24, 2.45) is 0 Å². The third kappa shape index (κ3) is 6.07. The van der Waals surface area contributed by atoms with Crippen LogP contribution in [0.15, 0.2) is 194 Å². The van der Waals surface area contributed by atoms with Crippen molar-refractivity contribution in [3.05, 3.63) is 194 Å². The minimum absolute atomic E-state index is 0.853. The molecule has 0 aliphatic carbocycles. The van der Waals surface area contributed by atoms with Crippen molar-refractivity contribution >= 4 is 62.9 Å². The molecule has 0 aromatic heterocycles. The molecule has 0 saturated heterocycles. The second kappa shape index (κ2) is 14.5. The molecule has 53 heavy (non-hydrogen) atoms. The van der Waals surface area contributed by atoms with Crippen LogP contribution >= 0.6 is 0 Å². The summed E-state index contributed by atoms with van der Waals surface area (Å²) in [5, 5.41) is 5.58. The summed E-state index contributed by atoms with van der Waals surface area (Å²) in [5.74, 6) is 0. The van der Waals surface area contributed by atoms with Gasteiger partial charge in [-0.1, -0.05) is 146 Å². The Bertz CT molecular complexity index is 2170. The van der Waals surface area contributed by atoms with E-state index in [0.717, 1.165) is 39.3 Å². The number of para-hydroxylation sites is 5. The van der Waals surface area contributed by atoms with Gasteiger partial charge in [-0.2, -0.15) is 0 Å². The summed E-state index contributed by atoms with van der Waals surface area (Å²) in [4.78, 5) is 10.0. The van der Waals surface area contributed by atoms with E-state index >= 15 is 0 Å². The summed E-state index contributed by atoms with van der Waals surface area (Å²) in [7, 11) is -2.56. The van der Waals surface area contributed by atoms with Crippen LogP contribution in [-0.4, -0.2) is 34.5 Å². The molecule has 260 valence electrons. The van der Waals surface area contributed by atoms with Gasteiger partial charge >= 0.3 is 0 Å². The quantitative estimate of drug-likeness (QED) is 0.0763. The number of benzene rings is 7. The Morgan fingerprint density at radius 2 is 0.642 bits per heavy atom. The van der Waals surface area contributed by atoms with Crippen LogP contribution in [0.4, 0.5) is 34.1 Å². The molecular weight excluding hydrogens is 661 g/mol. The predicted molar refractivity (Wildman–Crippen MR) is 227 cm³/mol. The summed E-state index contributed by atoms with van der Waals surface area (Å²) in [6, 6.07) is 71.5.